The molecule has 0 radical (unpaired) electrons. The zero-order valence-corrected chi connectivity index (χ0v) is 10.9. The Bertz CT molecular complexity index is 521. The van der Waals surface area contributed by atoms with E-state index in [9.17, 15) is 8.78 Å². The summed E-state index contributed by atoms with van der Waals surface area (Å²) in [4.78, 5) is 0.894. The molecule has 96 valence electrons. The van der Waals surface area contributed by atoms with Crippen LogP contribution in [0.25, 0.3) is 0 Å². The highest BCUT2D eigenvalue weighted by molar-refractivity contribution is 7.10. The molecule has 0 saturated heterocycles. The molecule has 2 aromatic rings. The first-order valence-corrected chi connectivity index (χ1v) is 6.28. The third-order valence-corrected chi connectivity index (χ3v) is 3.61. The van der Waals surface area contributed by atoms with E-state index in [0.717, 1.165) is 10.9 Å². The van der Waals surface area contributed by atoms with E-state index in [-0.39, 0.29) is 6.04 Å². The number of hydrogen-bond acceptors (Lipinski definition) is 3. The Hall–Kier alpha value is -1.46. The van der Waals surface area contributed by atoms with Crippen molar-refractivity contribution in [2.75, 3.05) is 14.2 Å². The van der Waals surface area contributed by atoms with E-state index in [1.807, 2.05) is 11.4 Å². The Balaban J connectivity index is 2.45. The topological polar surface area (TPSA) is 21.3 Å². The molecular weight excluding hydrogens is 256 g/mol. The minimum absolute atomic E-state index is 0.287. The second-order valence-electron chi connectivity index (χ2n) is 3.78. The summed E-state index contributed by atoms with van der Waals surface area (Å²) in [6.45, 7) is 0. The number of hydrogen-bond donors (Lipinski definition) is 1. The molecule has 18 heavy (non-hydrogen) atoms. The molecule has 1 aromatic heterocycles. The van der Waals surface area contributed by atoms with Crippen LogP contribution in [0.15, 0.2) is 29.6 Å². The van der Waals surface area contributed by atoms with E-state index in [4.69, 9.17) is 4.74 Å². The number of ether oxygens (including phenoxy) is 1. The van der Waals surface area contributed by atoms with E-state index < -0.39 is 11.6 Å². The summed E-state index contributed by atoms with van der Waals surface area (Å²) >= 11 is 1.48. The van der Waals surface area contributed by atoms with Gasteiger partial charge in [-0.1, -0.05) is 0 Å². The van der Waals surface area contributed by atoms with Crippen molar-refractivity contribution in [2.24, 2.45) is 0 Å². The van der Waals surface area contributed by atoms with Gasteiger partial charge in [0.1, 0.15) is 17.4 Å². The molecule has 0 fully saturated rings. The summed E-state index contributed by atoms with van der Waals surface area (Å²) in [6.07, 6.45) is 0. The number of benzene rings is 1. The van der Waals surface area contributed by atoms with Crippen molar-refractivity contribution in [2.45, 2.75) is 6.04 Å². The number of halogens is 2. The molecule has 0 bridgehead atoms. The van der Waals surface area contributed by atoms with Crippen LogP contribution in [-0.4, -0.2) is 14.2 Å². The maximum Gasteiger partial charge on any atom is 0.134 e. The van der Waals surface area contributed by atoms with Crippen LogP contribution >= 0.6 is 11.3 Å². The van der Waals surface area contributed by atoms with E-state index in [0.29, 0.717) is 11.3 Å². The molecule has 0 amide bonds. The SMILES string of the molecule is CNC(c1cc(F)cc(F)c1)c1sccc1OC. The van der Waals surface area contributed by atoms with Crippen LogP contribution in [-0.2, 0) is 0 Å². The molecule has 1 unspecified atom stereocenters. The Labute approximate surface area is 108 Å². The highest BCUT2D eigenvalue weighted by atomic mass is 32.1. The lowest BCUT2D eigenvalue weighted by atomic mass is 10.0. The molecule has 0 saturated carbocycles. The lowest BCUT2D eigenvalue weighted by Crippen LogP contribution is -2.17. The number of thiophene rings is 1. The molecule has 0 spiro atoms. The summed E-state index contributed by atoms with van der Waals surface area (Å²) in [6, 6.07) is 5.06. The van der Waals surface area contributed by atoms with Crippen LogP contribution < -0.4 is 10.1 Å². The molecule has 2 rings (SSSR count). The maximum atomic E-state index is 13.3. The van der Waals surface area contributed by atoms with Gasteiger partial charge in [-0.2, -0.15) is 0 Å². The first kappa shape index (κ1) is 13.0. The number of nitrogens with one attached hydrogen (secondary N) is 1. The Kier molecular flexibility index (Phi) is 3.93. The van der Waals surface area contributed by atoms with Gasteiger partial charge in [-0.25, -0.2) is 8.78 Å². The molecule has 0 aliphatic carbocycles. The van der Waals surface area contributed by atoms with E-state index in [1.54, 1.807) is 14.2 Å². The molecule has 2 nitrogen and oxygen atoms in total. The smallest absolute Gasteiger partial charge is 0.134 e. The van der Waals surface area contributed by atoms with Crippen LogP contribution in [0.5, 0.6) is 5.75 Å². The van der Waals surface area contributed by atoms with Crippen molar-refractivity contribution in [3.05, 3.63) is 51.7 Å². The average Bonchev–Trinajstić information content (AvgIpc) is 2.77. The van der Waals surface area contributed by atoms with Gasteiger partial charge in [-0.15, -0.1) is 11.3 Å². The van der Waals surface area contributed by atoms with E-state index in [1.165, 1.54) is 23.5 Å². The first-order chi connectivity index (χ1) is 8.65. The third-order valence-electron chi connectivity index (χ3n) is 2.65. The molecule has 5 heteroatoms. The second kappa shape index (κ2) is 5.46. The third kappa shape index (κ3) is 2.52. The second-order valence-corrected chi connectivity index (χ2v) is 4.73. The van der Waals surface area contributed by atoms with Gasteiger partial charge < -0.3 is 10.1 Å². The quantitative estimate of drug-likeness (QED) is 0.919. The zero-order valence-electron chi connectivity index (χ0n) is 10.0. The zero-order chi connectivity index (χ0) is 13.1. The standard InChI is InChI=1S/C13H13F2NOS/c1-16-12(13-11(17-2)3-4-18-13)8-5-9(14)7-10(15)6-8/h3-7,12,16H,1-2H3. The van der Waals surface area contributed by atoms with Gasteiger partial charge in [0.2, 0.25) is 0 Å². The van der Waals surface area contributed by atoms with Crippen molar-refractivity contribution in [1.29, 1.82) is 0 Å². The van der Waals surface area contributed by atoms with Crippen molar-refractivity contribution >= 4 is 11.3 Å². The van der Waals surface area contributed by atoms with Crippen molar-refractivity contribution in [1.82, 2.24) is 5.32 Å². The van der Waals surface area contributed by atoms with Crippen molar-refractivity contribution in [3.8, 4) is 5.75 Å². The summed E-state index contributed by atoms with van der Waals surface area (Å²) < 4.78 is 31.7. The predicted molar refractivity (Wildman–Crippen MR) is 68.1 cm³/mol. The van der Waals surface area contributed by atoms with Gasteiger partial charge in [0.25, 0.3) is 0 Å². The van der Waals surface area contributed by atoms with Gasteiger partial charge >= 0.3 is 0 Å². The average molecular weight is 269 g/mol. The monoisotopic (exact) mass is 269 g/mol. The van der Waals surface area contributed by atoms with Crippen molar-refractivity contribution < 1.29 is 13.5 Å². The highest BCUT2D eigenvalue weighted by Gasteiger charge is 2.19. The van der Waals surface area contributed by atoms with Crippen LogP contribution in [0, 0.1) is 11.6 Å². The molecular formula is C13H13F2NOS. The fraction of sp³-hybridized carbons (Fsp3) is 0.231. The summed E-state index contributed by atoms with van der Waals surface area (Å²) in [5, 5.41) is 4.93. The maximum absolute atomic E-state index is 13.3. The van der Waals surface area contributed by atoms with Crippen molar-refractivity contribution in [3.63, 3.8) is 0 Å². The number of rotatable bonds is 4. The van der Waals surface area contributed by atoms with Crippen LogP contribution in [0.4, 0.5) is 8.78 Å². The minimum atomic E-state index is -0.583. The molecule has 0 aliphatic rings. The summed E-state index contributed by atoms with van der Waals surface area (Å²) in [7, 11) is 3.32. The van der Waals surface area contributed by atoms with E-state index >= 15 is 0 Å². The summed E-state index contributed by atoms with van der Waals surface area (Å²) in [5.74, 6) is -0.453. The Morgan fingerprint density at radius 2 is 1.89 bits per heavy atom. The fourth-order valence-electron chi connectivity index (χ4n) is 1.88. The lowest BCUT2D eigenvalue weighted by Gasteiger charge is -2.17. The van der Waals surface area contributed by atoms with Gasteiger partial charge in [0, 0.05) is 6.07 Å². The first-order valence-electron chi connectivity index (χ1n) is 5.40. The molecule has 0 aliphatic heterocycles. The normalized spacial score (nSPS) is 12.4. The number of methoxy groups -OCH3 is 1. The lowest BCUT2D eigenvalue weighted by molar-refractivity contribution is 0.408. The fourth-order valence-corrected chi connectivity index (χ4v) is 2.88. The van der Waals surface area contributed by atoms with Crippen LogP contribution in [0.3, 0.4) is 0 Å². The molecule has 1 aromatic carbocycles. The van der Waals surface area contributed by atoms with Gasteiger partial charge in [0.05, 0.1) is 18.0 Å². The van der Waals surface area contributed by atoms with Crippen LogP contribution in [0.2, 0.25) is 0 Å². The molecule has 1 N–H and O–H groups in total. The Morgan fingerprint density at radius 1 is 1.22 bits per heavy atom. The predicted octanol–water partition coefficient (Wildman–Crippen LogP) is 3.34. The molecule has 1 atom stereocenters. The van der Waals surface area contributed by atoms with Gasteiger partial charge in [0.15, 0.2) is 0 Å². The highest BCUT2D eigenvalue weighted by Crippen LogP contribution is 2.34. The van der Waals surface area contributed by atoms with E-state index in [2.05, 4.69) is 5.32 Å². The largest absolute Gasteiger partial charge is 0.496 e. The molecule has 1 heterocycles. The summed E-state index contributed by atoms with van der Waals surface area (Å²) in [5.41, 5.74) is 0.538. The van der Waals surface area contributed by atoms with Gasteiger partial charge in [-0.3, -0.25) is 0 Å². The van der Waals surface area contributed by atoms with Crippen LogP contribution in [0.1, 0.15) is 16.5 Å². The Morgan fingerprint density at radius 3 is 2.44 bits per heavy atom. The van der Waals surface area contributed by atoms with Gasteiger partial charge in [-0.05, 0) is 36.2 Å². The minimum Gasteiger partial charge on any atom is -0.496 e.